The van der Waals surface area contributed by atoms with Crippen LogP contribution in [0.1, 0.15) is 38.5 Å². The van der Waals surface area contributed by atoms with Gasteiger partial charge in [-0.15, -0.1) is 0 Å². The summed E-state index contributed by atoms with van der Waals surface area (Å²) in [6.07, 6.45) is 7.57. The van der Waals surface area contributed by atoms with Crippen molar-refractivity contribution >= 4 is 11.8 Å². The van der Waals surface area contributed by atoms with Crippen LogP contribution in [0, 0.1) is 5.92 Å². The third-order valence-electron chi connectivity index (χ3n) is 4.37. The zero-order chi connectivity index (χ0) is 10.3. The molecule has 0 amide bonds. The lowest BCUT2D eigenvalue weighted by Crippen LogP contribution is -2.48. The van der Waals surface area contributed by atoms with Gasteiger partial charge in [-0.1, -0.05) is 0 Å². The van der Waals surface area contributed by atoms with E-state index in [0.29, 0.717) is 18.0 Å². The molecule has 0 radical (unpaired) electrons. The number of rotatable bonds is 2. The van der Waals surface area contributed by atoms with Crippen molar-refractivity contribution in [2.24, 2.45) is 5.92 Å². The Morgan fingerprint density at radius 1 is 1.27 bits per heavy atom. The highest BCUT2D eigenvalue weighted by molar-refractivity contribution is 8.00. The number of nitrogens with one attached hydrogen (secondary N) is 1. The van der Waals surface area contributed by atoms with E-state index in [1.807, 2.05) is 0 Å². The highest BCUT2D eigenvalue weighted by Crippen LogP contribution is 2.39. The first kappa shape index (κ1) is 10.4. The molecule has 2 bridgehead atoms. The van der Waals surface area contributed by atoms with E-state index in [-0.39, 0.29) is 6.10 Å². The second-order valence-corrected chi connectivity index (χ2v) is 6.79. The Kier molecular flexibility index (Phi) is 2.97. The number of hydrogen-bond acceptors (Lipinski definition) is 3. The third kappa shape index (κ3) is 2.06. The van der Waals surface area contributed by atoms with Crippen LogP contribution in [0.2, 0.25) is 0 Å². The minimum atomic E-state index is -0.0232. The van der Waals surface area contributed by atoms with Crippen LogP contribution in [-0.2, 0) is 0 Å². The number of aliphatic hydroxyl groups excluding tert-OH is 1. The Morgan fingerprint density at radius 3 is 3.00 bits per heavy atom. The monoisotopic (exact) mass is 227 g/mol. The second-order valence-electron chi connectivity index (χ2n) is 5.39. The summed E-state index contributed by atoms with van der Waals surface area (Å²) in [5, 5.41) is 14.7. The molecule has 2 N–H and O–H groups in total. The van der Waals surface area contributed by atoms with Crippen molar-refractivity contribution < 1.29 is 5.11 Å². The van der Waals surface area contributed by atoms with Gasteiger partial charge in [0.05, 0.1) is 6.10 Å². The lowest BCUT2D eigenvalue weighted by molar-refractivity contribution is 0.0477. The molecule has 3 aliphatic rings. The van der Waals surface area contributed by atoms with Crippen LogP contribution in [-0.4, -0.2) is 34.3 Å². The van der Waals surface area contributed by atoms with E-state index >= 15 is 0 Å². The standard InChI is InChI=1S/C12H21NOS/c14-12-6-8-3-4-11(13-8)10(12)7-9-2-1-5-15-9/h8-14H,1-7H2. The normalized spacial score (nSPS) is 49.8. The molecule has 0 spiro atoms. The summed E-state index contributed by atoms with van der Waals surface area (Å²) in [7, 11) is 0. The number of thioether (sulfide) groups is 1. The summed E-state index contributed by atoms with van der Waals surface area (Å²) >= 11 is 2.13. The van der Waals surface area contributed by atoms with Crippen molar-refractivity contribution in [2.45, 2.75) is 62.0 Å². The predicted molar refractivity (Wildman–Crippen MR) is 64.2 cm³/mol. The molecule has 0 aromatic heterocycles. The fraction of sp³-hybridized carbons (Fsp3) is 1.00. The van der Waals surface area contributed by atoms with E-state index in [4.69, 9.17) is 0 Å². The zero-order valence-electron chi connectivity index (χ0n) is 9.19. The molecule has 0 aromatic carbocycles. The Labute approximate surface area is 96.2 Å². The second kappa shape index (κ2) is 4.27. The zero-order valence-corrected chi connectivity index (χ0v) is 10.0. The third-order valence-corrected chi connectivity index (χ3v) is 5.80. The van der Waals surface area contributed by atoms with Gasteiger partial charge in [-0.3, -0.25) is 0 Å². The highest BCUT2D eigenvalue weighted by Gasteiger charge is 2.41. The molecule has 5 atom stereocenters. The molecule has 2 nitrogen and oxygen atoms in total. The molecule has 0 aromatic rings. The van der Waals surface area contributed by atoms with Gasteiger partial charge >= 0.3 is 0 Å². The predicted octanol–water partition coefficient (Wildman–Crippen LogP) is 1.77. The van der Waals surface area contributed by atoms with Crippen LogP contribution in [0.25, 0.3) is 0 Å². The molecule has 0 aliphatic carbocycles. The van der Waals surface area contributed by atoms with Crippen LogP contribution < -0.4 is 5.32 Å². The SMILES string of the molecule is OC1CC2CCC(N2)C1CC1CCCS1. The fourth-order valence-corrected chi connectivity index (χ4v) is 4.92. The van der Waals surface area contributed by atoms with Crippen molar-refractivity contribution in [3.63, 3.8) is 0 Å². The molecular formula is C12H21NOS. The molecule has 3 heteroatoms. The Hall–Kier alpha value is 0.270. The molecule has 3 rings (SSSR count). The minimum Gasteiger partial charge on any atom is -0.393 e. The molecule has 3 heterocycles. The van der Waals surface area contributed by atoms with Crippen LogP contribution in [0.15, 0.2) is 0 Å². The number of aliphatic hydroxyl groups is 1. The van der Waals surface area contributed by atoms with E-state index in [2.05, 4.69) is 17.1 Å². The highest BCUT2D eigenvalue weighted by atomic mass is 32.2. The Morgan fingerprint density at radius 2 is 2.20 bits per heavy atom. The quantitative estimate of drug-likeness (QED) is 0.754. The van der Waals surface area contributed by atoms with Crippen molar-refractivity contribution in [1.29, 1.82) is 0 Å². The van der Waals surface area contributed by atoms with Gasteiger partial charge in [-0.2, -0.15) is 11.8 Å². The van der Waals surface area contributed by atoms with E-state index in [1.54, 1.807) is 0 Å². The lowest BCUT2D eigenvalue weighted by atomic mass is 9.85. The largest absolute Gasteiger partial charge is 0.393 e. The average molecular weight is 227 g/mol. The summed E-state index contributed by atoms with van der Waals surface area (Å²) < 4.78 is 0. The maximum absolute atomic E-state index is 10.2. The summed E-state index contributed by atoms with van der Waals surface area (Å²) in [6.45, 7) is 0. The fourth-order valence-electron chi connectivity index (χ4n) is 3.56. The first-order chi connectivity index (χ1) is 7.33. The summed E-state index contributed by atoms with van der Waals surface area (Å²) in [5.74, 6) is 1.88. The van der Waals surface area contributed by atoms with Gasteiger partial charge in [0.25, 0.3) is 0 Å². The van der Waals surface area contributed by atoms with Crippen molar-refractivity contribution in [1.82, 2.24) is 5.32 Å². The number of hydrogen-bond donors (Lipinski definition) is 2. The molecule has 3 aliphatic heterocycles. The Bertz CT molecular complexity index is 230. The van der Waals surface area contributed by atoms with E-state index in [9.17, 15) is 5.11 Å². The van der Waals surface area contributed by atoms with Crippen molar-refractivity contribution in [3.8, 4) is 0 Å². The van der Waals surface area contributed by atoms with Crippen molar-refractivity contribution in [2.75, 3.05) is 5.75 Å². The molecule has 3 saturated heterocycles. The van der Waals surface area contributed by atoms with Crippen LogP contribution >= 0.6 is 11.8 Å². The summed E-state index contributed by atoms with van der Waals surface area (Å²) in [5.41, 5.74) is 0. The average Bonchev–Trinajstić information content (AvgIpc) is 2.82. The molecule has 86 valence electrons. The van der Waals surface area contributed by atoms with Crippen LogP contribution in [0.5, 0.6) is 0 Å². The number of fused-ring (bicyclic) bond motifs is 2. The first-order valence-electron chi connectivity index (χ1n) is 6.38. The van der Waals surface area contributed by atoms with Crippen molar-refractivity contribution in [3.05, 3.63) is 0 Å². The van der Waals surface area contributed by atoms with Gasteiger partial charge in [0.1, 0.15) is 0 Å². The van der Waals surface area contributed by atoms with Crippen LogP contribution in [0.4, 0.5) is 0 Å². The Balaban J connectivity index is 1.62. The molecule has 15 heavy (non-hydrogen) atoms. The lowest BCUT2D eigenvalue weighted by Gasteiger charge is -2.36. The smallest absolute Gasteiger partial charge is 0.0598 e. The van der Waals surface area contributed by atoms with Gasteiger partial charge < -0.3 is 10.4 Å². The summed E-state index contributed by atoms with van der Waals surface area (Å²) in [4.78, 5) is 0. The molecule has 5 unspecified atom stereocenters. The topological polar surface area (TPSA) is 32.3 Å². The van der Waals surface area contributed by atoms with Crippen LogP contribution in [0.3, 0.4) is 0 Å². The summed E-state index contributed by atoms with van der Waals surface area (Å²) in [6, 6.07) is 1.25. The first-order valence-corrected chi connectivity index (χ1v) is 7.43. The maximum atomic E-state index is 10.2. The van der Waals surface area contributed by atoms with Gasteiger partial charge in [-0.05, 0) is 44.3 Å². The van der Waals surface area contributed by atoms with Gasteiger partial charge in [0.15, 0.2) is 0 Å². The minimum absolute atomic E-state index is 0.0232. The molecular weight excluding hydrogens is 206 g/mol. The van der Waals surface area contributed by atoms with E-state index in [1.165, 1.54) is 37.9 Å². The number of piperidine rings is 1. The van der Waals surface area contributed by atoms with E-state index < -0.39 is 0 Å². The molecule has 3 fully saturated rings. The van der Waals surface area contributed by atoms with Gasteiger partial charge in [0, 0.05) is 23.3 Å². The van der Waals surface area contributed by atoms with Gasteiger partial charge in [-0.25, -0.2) is 0 Å². The molecule has 0 saturated carbocycles. The van der Waals surface area contributed by atoms with E-state index in [0.717, 1.165) is 11.7 Å². The maximum Gasteiger partial charge on any atom is 0.0598 e. The van der Waals surface area contributed by atoms with Gasteiger partial charge in [0.2, 0.25) is 0 Å².